The van der Waals surface area contributed by atoms with Crippen LogP contribution in [0.2, 0.25) is 0 Å². The van der Waals surface area contributed by atoms with Gasteiger partial charge in [-0.1, -0.05) is 12.1 Å². The molecule has 0 saturated heterocycles. The number of Topliss-reactive ketones (excluding diaryl/α,β-unsaturated/α-hetero) is 2. The van der Waals surface area contributed by atoms with E-state index in [1.54, 1.807) is 0 Å². The zero-order chi connectivity index (χ0) is 39.8. The topological polar surface area (TPSA) is 220 Å². The van der Waals surface area contributed by atoms with Crippen molar-refractivity contribution in [3.05, 3.63) is 118 Å². The number of esters is 2. The van der Waals surface area contributed by atoms with Crippen LogP contribution in [0.25, 0.3) is 11.1 Å². The Bertz CT molecular complexity index is 2050. The number of aromatic carboxylic acids is 2. The SMILES string of the molecule is CC(C)(O)C(=O)c1ccc(OCCOC(=O)c2ccc(-c3ccc(C(=O)O)c(C(=O)OCCOc4ccc(C(=O)C(C)(C)O)cc4)c3)cc2C(=O)O)cc1. The van der Waals surface area contributed by atoms with E-state index < -0.39 is 52.2 Å². The molecule has 0 saturated carbocycles. The molecule has 0 amide bonds. The second kappa shape index (κ2) is 17.0. The number of carbonyl (C=O) groups is 6. The van der Waals surface area contributed by atoms with E-state index >= 15 is 0 Å². The van der Waals surface area contributed by atoms with Gasteiger partial charge in [-0.25, -0.2) is 19.2 Å². The number of rotatable bonds is 17. The normalized spacial score (nSPS) is 11.3. The highest BCUT2D eigenvalue weighted by Gasteiger charge is 2.26. The molecule has 0 unspecified atom stereocenters. The standard InChI is InChI=1S/C40H38O14/c1-39(2,49)33(41)23-5-11-27(12-6-23)51-17-19-53-37(47)30-16-10-25(21-31(30)36(45)46)26-9-15-29(35(43)44)32(22-26)38(48)54-20-18-52-28-13-7-24(8-14-28)34(42)40(3,4)50/h5-16,21-22,49-50H,17-20H2,1-4H3,(H,43,44)(H,45,46). The summed E-state index contributed by atoms with van der Waals surface area (Å²) in [5.74, 6) is -5.00. The molecule has 0 aliphatic carbocycles. The molecule has 4 rings (SSSR count). The summed E-state index contributed by atoms with van der Waals surface area (Å²) < 4.78 is 21.5. The molecule has 0 aliphatic rings. The fraction of sp³-hybridized carbons (Fsp3) is 0.250. The molecule has 0 fully saturated rings. The summed E-state index contributed by atoms with van der Waals surface area (Å²) in [6.45, 7) is 4.79. The van der Waals surface area contributed by atoms with Gasteiger partial charge < -0.3 is 39.4 Å². The van der Waals surface area contributed by atoms with Crippen LogP contribution in [-0.2, 0) is 9.47 Å². The minimum atomic E-state index is -1.54. The van der Waals surface area contributed by atoms with Crippen LogP contribution in [0, 0.1) is 0 Å². The molecular weight excluding hydrogens is 704 g/mol. The fourth-order valence-corrected chi connectivity index (χ4v) is 5.01. The van der Waals surface area contributed by atoms with Gasteiger partial charge in [0.1, 0.15) is 49.1 Å². The highest BCUT2D eigenvalue weighted by molar-refractivity contribution is 6.05. The van der Waals surface area contributed by atoms with Gasteiger partial charge in [-0.3, -0.25) is 9.59 Å². The van der Waals surface area contributed by atoms with Crippen LogP contribution in [0.1, 0.15) is 89.8 Å². The van der Waals surface area contributed by atoms with Gasteiger partial charge in [-0.2, -0.15) is 0 Å². The van der Waals surface area contributed by atoms with Gasteiger partial charge in [0.15, 0.2) is 11.6 Å². The van der Waals surface area contributed by atoms with Gasteiger partial charge in [0.2, 0.25) is 0 Å². The number of benzene rings is 4. The van der Waals surface area contributed by atoms with Crippen molar-refractivity contribution in [1.29, 1.82) is 0 Å². The maximum atomic E-state index is 13.0. The van der Waals surface area contributed by atoms with Gasteiger partial charge in [-0.15, -0.1) is 0 Å². The first kappa shape index (κ1) is 40.4. The average Bonchev–Trinajstić information content (AvgIpc) is 3.13. The molecule has 0 radical (unpaired) electrons. The number of ketones is 2. The Morgan fingerprint density at radius 1 is 0.481 bits per heavy atom. The van der Waals surface area contributed by atoms with Crippen LogP contribution < -0.4 is 9.47 Å². The molecule has 0 spiro atoms. The molecule has 0 bridgehead atoms. The van der Waals surface area contributed by atoms with Gasteiger partial charge in [0, 0.05) is 11.1 Å². The third kappa shape index (κ3) is 10.4. The predicted octanol–water partition coefficient (Wildman–Crippen LogP) is 5.13. The van der Waals surface area contributed by atoms with Crippen LogP contribution in [0.4, 0.5) is 0 Å². The van der Waals surface area contributed by atoms with Gasteiger partial charge >= 0.3 is 23.9 Å². The van der Waals surface area contributed by atoms with E-state index in [1.807, 2.05) is 0 Å². The first-order chi connectivity index (χ1) is 25.4. The molecule has 0 aliphatic heterocycles. The molecule has 282 valence electrons. The zero-order valence-corrected chi connectivity index (χ0v) is 29.8. The average molecular weight is 743 g/mol. The third-order valence-corrected chi connectivity index (χ3v) is 7.79. The third-order valence-electron chi connectivity index (χ3n) is 7.79. The monoisotopic (exact) mass is 742 g/mol. The first-order valence-corrected chi connectivity index (χ1v) is 16.5. The van der Waals surface area contributed by atoms with Crippen molar-refractivity contribution >= 4 is 35.4 Å². The van der Waals surface area contributed by atoms with Crippen LogP contribution >= 0.6 is 0 Å². The van der Waals surface area contributed by atoms with Crippen LogP contribution in [-0.4, -0.2) is 93.5 Å². The van der Waals surface area contributed by atoms with Crippen LogP contribution in [0.5, 0.6) is 11.5 Å². The van der Waals surface area contributed by atoms with Crippen molar-refractivity contribution in [2.45, 2.75) is 38.9 Å². The second-order valence-electron chi connectivity index (χ2n) is 12.9. The lowest BCUT2D eigenvalue weighted by molar-refractivity contribution is 0.0437. The first-order valence-electron chi connectivity index (χ1n) is 16.5. The van der Waals surface area contributed by atoms with Gasteiger partial charge in [0.05, 0.1) is 22.3 Å². The quantitative estimate of drug-likeness (QED) is 0.0626. The van der Waals surface area contributed by atoms with Crippen LogP contribution in [0.3, 0.4) is 0 Å². The van der Waals surface area contributed by atoms with Gasteiger partial charge in [0.25, 0.3) is 0 Å². The van der Waals surface area contributed by atoms with Crippen molar-refractivity contribution in [3.63, 3.8) is 0 Å². The summed E-state index contributed by atoms with van der Waals surface area (Å²) in [7, 11) is 0. The molecular formula is C40H38O14. The minimum absolute atomic E-state index is 0.0920. The van der Waals surface area contributed by atoms with Crippen molar-refractivity contribution in [2.75, 3.05) is 26.4 Å². The number of carboxylic acids is 2. The van der Waals surface area contributed by atoms with E-state index in [0.29, 0.717) is 11.5 Å². The maximum absolute atomic E-state index is 13.0. The summed E-state index contributed by atoms with van der Waals surface area (Å²) in [6.07, 6.45) is 0. The van der Waals surface area contributed by atoms with E-state index in [2.05, 4.69) is 0 Å². The van der Waals surface area contributed by atoms with Crippen LogP contribution in [0.15, 0.2) is 84.9 Å². The van der Waals surface area contributed by atoms with E-state index in [4.69, 9.17) is 18.9 Å². The van der Waals surface area contributed by atoms with Crippen molar-refractivity contribution in [3.8, 4) is 22.6 Å². The number of hydrogen-bond donors (Lipinski definition) is 4. The second-order valence-corrected chi connectivity index (χ2v) is 12.9. The maximum Gasteiger partial charge on any atom is 0.339 e. The van der Waals surface area contributed by atoms with Crippen molar-refractivity contribution < 1.29 is 68.1 Å². The lowest BCUT2D eigenvalue weighted by Gasteiger charge is -2.15. The Morgan fingerprint density at radius 3 is 1.24 bits per heavy atom. The predicted molar refractivity (Wildman–Crippen MR) is 191 cm³/mol. The van der Waals surface area contributed by atoms with E-state index in [9.17, 15) is 49.2 Å². The summed E-state index contributed by atoms with van der Waals surface area (Å²) in [5.41, 5.74) is -3.36. The highest BCUT2D eigenvalue weighted by Crippen LogP contribution is 2.27. The number of carboxylic acid groups (broad SMARTS) is 2. The zero-order valence-electron chi connectivity index (χ0n) is 29.8. The number of ether oxygens (including phenoxy) is 4. The molecule has 54 heavy (non-hydrogen) atoms. The summed E-state index contributed by atoms with van der Waals surface area (Å²) in [5, 5.41) is 39.4. The van der Waals surface area contributed by atoms with Gasteiger partial charge in [-0.05, 0) is 112 Å². The molecule has 0 aromatic heterocycles. The molecule has 4 aromatic carbocycles. The Balaban J connectivity index is 1.38. The Morgan fingerprint density at radius 2 is 0.852 bits per heavy atom. The lowest BCUT2D eigenvalue weighted by atomic mass is 9.96. The van der Waals surface area contributed by atoms with E-state index in [0.717, 1.165) is 0 Å². The minimum Gasteiger partial charge on any atom is -0.490 e. The highest BCUT2D eigenvalue weighted by atomic mass is 16.6. The molecule has 14 heteroatoms. The number of hydrogen-bond acceptors (Lipinski definition) is 12. The van der Waals surface area contributed by atoms with E-state index in [-0.39, 0.29) is 65.4 Å². The molecule has 4 N–H and O–H groups in total. The smallest absolute Gasteiger partial charge is 0.339 e. The molecule has 14 nitrogen and oxygen atoms in total. The number of aliphatic hydroxyl groups is 2. The Hall–Kier alpha value is -6.38. The van der Waals surface area contributed by atoms with E-state index in [1.165, 1.54) is 113 Å². The Labute approximate surface area is 309 Å². The molecule has 0 heterocycles. The molecule has 0 atom stereocenters. The Kier molecular flexibility index (Phi) is 12.7. The summed E-state index contributed by atoms with van der Waals surface area (Å²) in [4.78, 5) is 74.3. The summed E-state index contributed by atoms with van der Waals surface area (Å²) >= 11 is 0. The fourth-order valence-electron chi connectivity index (χ4n) is 5.01. The number of carbonyl (C=O) groups excluding carboxylic acids is 4. The lowest BCUT2D eigenvalue weighted by Crippen LogP contribution is -2.30. The summed E-state index contributed by atoms with van der Waals surface area (Å²) in [6, 6.07) is 19.6. The largest absolute Gasteiger partial charge is 0.490 e. The van der Waals surface area contributed by atoms with Crippen molar-refractivity contribution in [2.24, 2.45) is 0 Å². The van der Waals surface area contributed by atoms with Crippen molar-refractivity contribution in [1.82, 2.24) is 0 Å². The molecule has 4 aromatic rings.